The molecule has 0 bridgehead atoms. The number of guanidine groups is 1. The highest BCUT2D eigenvalue weighted by Gasteiger charge is 2.30. The van der Waals surface area contributed by atoms with Gasteiger partial charge in [0.2, 0.25) is 17.6 Å². The van der Waals surface area contributed by atoms with Crippen LogP contribution in [0.4, 0.5) is 0 Å². The van der Waals surface area contributed by atoms with E-state index in [4.69, 9.17) is 11.5 Å². The van der Waals surface area contributed by atoms with E-state index in [-0.39, 0.29) is 30.6 Å². The van der Waals surface area contributed by atoms with Crippen molar-refractivity contribution in [3.8, 4) is 0 Å². The Hall–Kier alpha value is -4.57. The summed E-state index contributed by atoms with van der Waals surface area (Å²) >= 11 is 1.30. The lowest BCUT2D eigenvalue weighted by atomic mass is 9.83. The van der Waals surface area contributed by atoms with E-state index in [2.05, 4.69) is 35.2 Å². The van der Waals surface area contributed by atoms with Crippen molar-refractivity contribution in [3.63, 3.8) is 0 Å². The van der Waals surface area contributed by atoms with Gasteiger partial charge in [-0.05, 0) is 49.4 Å². The predicted octanol–water partition coefficient (Wildman–Crippen LogP) is 2.85. The van der Waals surface area contributed by atoms with Crippen molar-refractivity contribution in [2.45, 2.75) is 57.9 Å². The van der Waals surface area contributed by atoms with Crippen LogP contribution in [-0.2, 0) is 21.4 Å². The minimum absolute atomic E-state index is 0.0916. The van der Waals surface area contributed by atoms with E-state index < -0.39 is 17.4 Å². The summed E-state index contributed by atoms with van der Waals surface area (Å²) in [5.41, 5.74) is 14.6. The first-order chi connectivity index (χ1) is 21.5. The number of rotatable bonds is 15. The van der Waals surface area contributed by atoms with Crippen LogP contribution in [0.25, 0.3) is 10.2 Å². The number of aromatic nitrogens is 1. The molecule has 4 aromatic rings. The zero-order valence-corrected chi connectivity index (χ0v) is 27.0. The molecular formula is C35H43N6O3S+. The number of benzene rings is 3. The number of nitrogens with one attached hydrogen (secondary N) is 2. The molecular weight excluding hydrogens is 584 g/mol. The number of amides is 2. The van der Waals surface area contributed by atoms with Crippen LogP contribution >= 0.6 is 11.3 Å². The molecule has 1 aromatic heterocycles. The Bertz CT molecular complexity index is 1610. The smallest absolute Gasteiger partial charge is 0.338 e. The summed E-state index contributed by atoms with van der Waals surface area (Å²) in [7, 11) is 0. The van der Waals surface area contributed by atoms with Gasteiger partial charge in [0.15, 0.2) is 5.01 Å². The number of aryl methyl sites for hydroxylation is 2. The average molecular weight is 628 g/mol. The Labute approximate surface area is 268 Å². The van der Waals surface area contributed by atoms with Crippen LogP contribution in [0, 0.1) is 6.92 Å². The molecule has 9 nitrogen and oxygen atoms in total. The number of thiazole rings is 1. The number of hydrogen-bond acceptors (Lipinski definition) is 5. The van der Waals surface area contributed by atoms with Gasteiger partial charge in [-0.3, -0.25) is 30.8 Å². The third kappa shape index (κ3) is 9.71. The van der Waals surface area contributed by atoms with Crippen molar-refractivity contribution in [2.75, 3.05) is 19.6 Å². The van der Waals surface area contributed by atoms with Crippen LogP contribution in [0.1, 0.15) is 59.6 Å². The molecule has 1 heterocycles. The van der Waals surface area contributed by atoms with E-state index in [0.29, 0.717) is 37.4 Å². The summed E-state index contributed by atoms with van der Waals surface area (Å²) in [5.74, 6) is -0.701. The lowest BCUT2D eigenvalue weighted by Crippen LogP contribution is -2.78. The number of fused-ring (bicyclic) bond motifs is 1. The molecule has 4 rings (SSSR count). The van der Waals surface area contributed by atoms with E-state index in [1.165, 1.54) is 11.3 Å². The summed E-state index contributed by atoms with van der Waals surface area (Å²) in [6, 6.07) is 24.7. The fraction of sp³-hybridized carbons (Fsp3) is 0.343. The van der Waals surface area contributed by atoms with Gasteiger partial charge in [0.25, 0.3) is 0 Å². The maximum absolute atomic E-state index is 13.7. The molecule has 0 aliphatic carbocycles. The molecule has 45 heavy (non-hydrogen) atoms. The fourth-order valence-corrected chi connectivity index (χ4v) is 6.23. The lowest BCUT2D eigenvalue weighted by Gasteiger charge is -2.33. The number of ketones is 1. The highest BCUT2D eigenvalue weighted by Crippen LogP contribution is 2.26. The first-order valence-electron chi connectivity index (χ1n) is 15.2. The molecule has 0 aliphatic heterocycles. The Kier molecular flexibility index (Phi) is 11.4. The number of hydrogen-bond donors (Lipinski definition) is 4. The fourth-order valence-electron chi connectivity index (χ4n) is 5.27. The quantitative estimate of drug-likeness (QED) is 0.0691. The van der Waals surface area contributed by atoms with Gasteiger partial charge in [-0.15, -0.1) is 11.3 Å². The standard InChI is InChI=1S/C35H42N6O3S/c1-24-11-9-14-26(21-24)35(2,3)23-41(31(43)19-18-25-12-5-4-6-13-25)22-30(42)39-28(16-10-20-38-34(36)37)32(44)33-40-27-15-7-8-17-29(27)45-33/h4-9,11-15,17,21,28H,10,16,18-20,22-23H2,1-3H3,(H,39,42)(H4,36,37,38)/p+1. The van der Waals surface area contributed by atoms with Gasteiger partial charge < -0.3 is 10.2 Å². The Morgan fingerprint density at radius 3 is 2.44 bits per heavy atom. The third-order valence-corrected chi connectivity index (χ3v) is 8.75. The van der Waals surface area contributed by atoms with Gasteiger partial charge in [-0.25, -0.2) is 4.98 Å². The minimum atomic E-state index is -0.829. The molecule has 3 aromatic carbocycles. The number of nitrogens with zero attached hydrogens (tertiary/aromatic N) is 2. The van der Waals surface area contributed by atoms with E-state index >= 15 is 0 Å². The van der Waals surface area contributed by atoms with E-state index in [0.717, 1.165) is 26.9 Å². The molecule has 6 N–H and O–H groups in total. The zero-order chi connectivity index (χ0) is 32.4. The van der Waals surface area contributed by atoms with E-state index in [9.17, 15) is 14.4 Å². The van der Waals surface area contributed by atoms with Gasteiger partial charge in [0.1, 0.15) is 0 Å². The molecule has 0 fully saturated rings. The molecule has 1 atom stereocenters. The second-order valence-electron chi connectivity index (χ2n) is 12.0. The number of nitrogens with two attached hydrogens (primary N) is 2. The molecule has 0 spiro atoms. The molecule has 10 heteroatoms. The summed E-state index contributed by atoms with van der Waals surface area (Å²) in [5, 5.41) is 3.26. The minimum Gasteiger partial charge on any atom is -0.344 e. The molecule has 0 saturated carbocycles. The summed E-state index contributed by atoms with van der Waals surface area (Å²) in [6.07, 6.45) is 1.70. The number of Topliss-reactive ketones (excluding diaryl/α,β-unsaturated/α-hetero) is 1. The molecule has 0 aliphatic rings. The van der Waals surface area contributed by atoms with Crippen molar-refractivity contribution in [3.05, 3.63) is 101 Å². The zero-order valence-electron chi connectivity index (χ0n) is 26.2. The van der Waals surface area contributed by atoms with Crippen LogP contribution in [0.3, 0.4) is 0 Å². The third-order valence-electron chi connectivity index (χ3n) is 7.70. The van der Waals surface area contributed by atoms with Crippen molar-refractivity contribution in [2.24, 2.45) is 11.5 Å². The van der Waals surface area contributed by atoms with Crippen molar-refractivity contribution >= 4 is 45.1 Å². The first kappa shape index (κ1) is 33.3. The van der Waals surface area contributed by atoms with E-state index in [1.54, 1.807) is 4.90 Å². The largest absolute Gasteiger partial charge is 0.344 e. The second-order valence-corrected chi connectivity index (χ2v) is 13.0. The van der Waals surface area contributed by atoms with E-state index in [1.807, 2.05) is 79.7 Å². The molecule has 0 radical (unpaired) electrons. The van der Waals surface area contributed by atoms with Crippen LogP contribution in [0.5, 0.6) is 0 Å². The number of carbonyl (C=O) groups is 3. The van der Waals surface area contributed by atoms with Crippen molar-refractivity contribution < 1.29 is 19.4 Å². The van der Waals surface area contributed by atoms with Crippen LogP contribution in [-0.4, -0.2) is 59.1 Å². The number of para-hydroxylation sites is 1. The molecule has 236 valence electrons. The lowest BCUT2D eigenvalue weighted by molar-refractivity contribution is -0.459. The first-order valence-corrected chi connectivity index (χ1v) is 16.0. The highest BCUT2D eigenvalue weighted by molar-refractivity contribution is 7.20. The maximum atomic E-state index is 13.7. The van der Waals surface area contributed by atoms with Gasteiger partial charge in [0.05, 0.1) is 29.3 Å². The highest BCUT2D eigenvalue weighted by atomic mass is 32.1. The van der Waals surface area contributed by atoms with Crippen LogP contribution < -0.4 is 21.8 Å². The van der Waals surface area contributed by atoms with Crippen molar-refractivity contribution in [1.82, 2.24) is 15.2 Å². The van der Waals surface area contributed by atoms with Gasteiger partial charge in [0, 0.05) is 18.4 Å². The Balaban J connectivity index is 1.53. The van der Waals surface area contributed by atoms with Crippen LogP contribution in [0.15, 0.2) is 78.9 Å². The van der Waals surface area contributed by atoms with Crippen molar-refractivity contribution in [1.29, 1.82) is 0 Å². The Morgan fingerprint density at radius 1 is 1.00 bits per heavy atom. The number of carbonyl (C=O) groups excluding carboxylic acids is 3. The Morgan fingerprint density at radius 2 is 1.73 bits per heavy atom. The maximum Gasteiger partial charge on any atom is 0.338 e. The predicted molar refractivity (Wildman–Crippen MR) is 180 cm³/mol. The van der Waals surface area contributed by atoms with Gasteiger partial charge in [-0.2, -0.15) is 0 Å². The summed E-state index contributed by atoms with van der Waals surface area (Å²) in [6.45, 7) is 6.79. The average Bonchev–Trinajstić information content (AvgIpc) is 3.45. The summed E-state index contributed by atoms with van der Waals surface area (Å²) < 4.78 is 0.895. The summed E-state index contributed by atoms with van der Waals surface area (Å²) in [4.78, 5) is 50.0. The molecule has 2 amide bonds. The monoisotopic (exact) mass is 627 g/mol. The second kappa shape index (κ2) is 15.4. The van der Waals surface area contributed by atoms with Gasteiger partial charge >= 0.3 is 5.96 Å². The van der Waals surface area contributed by atoms with Crippen LogP contribution in [0.2, 0.25) is 0 Å². The topological polar surface area (TPSA) is 145 Å². The van der Waals surface area contributed by atoms with Gasteiger partial charge in [-0.1, -0.05) is 86.1 Å². The molecule has 0 saturated heterocycles. The SMILES string of the molecule is Cc1cccc(C(C)(C)CN(CC(=O)NC(CCC[NH+]=C(N)N)C(=O)c2nc3ccccc3s2)C(=O)CCc2ccccc2)c1. The molecule has 1 unspecified atom stereocenters. The normalized spacial score (nSPS) is 12.0.